The highest BCUT2D eigenvalue weighted by atomic mass is 32.1. The largest absolute Gasteiger partial charge is 0.366 e. The Morgan fingerprint density at radius 3 is 2.92 bits per heavy atom. The first-order chi connectivity index (χ1) is 5.79. The minimum absolute atomic E-state index is 0.679. The monoisotopic (exact) mass is 186 g/mol. The summed E-state index contributed by atoms with van der Waals surface area (Å²) < 4.78 is 0. The lowest BCUT2D eigenvalue weighted by Crippen LogP contribution is -2.47. The van der Waals surface area contributed by atoms with Crippen molar-refractivity contribution in [2.24, 2.45) is 0 Å². The quantitative estimate of drug-likeness (QED) is 0.628. The summed E-state index contributed by atoms with van der Waals surface area (Å²) >= 11 is 5.23. The molecule has 3 heteroatoms. The Balaban J connectivity index is 2.52. The lowest BCUT2D eigenvalue weighted by Gasteiger charge is -2.36. The number of piperidine rings is 1. The van der Waals surface area contributed by atoms with E-state index in [1.54, 1.807) is 0 Å². The summed E-state index contributed by atoms with van der Waals surface area (Å²) in [6, 6.07) is 0.679. The van der Waals surface area contributed by atoms with Gasteiger partial charge < -0.3 is 10.2 Å². The van der Waals surface area contributed by atoms with Crippen LogP contribution >= 0.6 is 12.2 Å². The fraction of sp³-hybridized carbons (Fsp3) is 0.889. The van der Waals surface area contributed by atoms with Crippen molar-refractivity contribution < 1.29 is 0 Å². The highest BCUT2D eigenvalue weighted by molar-refractivity contribution is 7.80. The molecule has 12 heavy (non-hydrogen) atoms. The Bertz CT molecular complexity index is 159. The maximum atomic E-state index is 5.23. The third-order valence-electron chi connectivity index (χ3n) is 2.57. The molecule has 1 saturated heterocycles. The van der Waals surface area contributed by atoms with E-state index < -0.39 is 0 Å². The fourth-order valence-corrected chi connectivity index (χ4v) is 2.08. The number of hydrogen-bond donors (Lipinski definition) is 1. The van der Waals surface area contributed by atoms with Crippen LogP contribution in [-0.2, 0) is 0 Å². The van der Waals surface area contributed by atoms with E-state index in [1.807, 2.05) is 7.05 Å². The van der Waals surface area contributed by atoms with Crippen molar-refractivity contribution in [2.45, 2.75) is 38.6 Å². The summed E-state index contributed by atoms with van der Waals surface area (Å²) in [6.45, 7) is 3.37. The Morgan fingerprint density at radius 2 is 2.33 bits per heavy atom. The molecule has 0 aromatic carbocycles. The van der Waals surface area contributed by atoms with Gasteiger partial charge in [0.05, 0.1) is 0 Å². The van der Waals surface area contributed by atoms with Crippen LogP contribution in [-0.4, -0.2) is 29.6 Å². The number of hydrogen-bond acceptors (Lipinski definition) is 1. The molecule has 70 valence electrons. The predicted octanol–water partition coefficient (Wildman–Crippen LogP) is 1.76. The van der Waals surface area contributed by atoms with E-state index in [2.05, 4.69) is 17.1 Å². The summed E-state index contributed by atoms with van der Waals surface area (Å²) in [5.74, 6) is 0. The molecule has 1 atom stereocenters. The third-order valence-corrected chi connectivity index (χ3v) is 3.01. The van der Waals surface area contributed by atoms with Gasteiger partial charge in [-0.2, -0.15) is 0 Å². The van der Waals surface area contributed by atoms with E-state index in [-0.39, 0.29) is 0 Å². The molecule has 1 heterocycles. The van der Waals surface area contributed by atoms with E-state index in [0.717, 1.165) is 11.7 Å². The SMILES string of the molecule is CC[C@@H]1CCCCN1C(=S)NC. The van der Waals surface area contributed by atoms with Gasteiger partial charge in [-0.15, -0.1) is 0 Å². The average molecular weight is 186 g/mol. The second kappa shape index (κ2) is 4.65. The molecule has 2 nitrogen and oxygen atoms in total. The number of thiocarbonyl (C=S) groups is 1. The molecule has 0 amide bonds. The Morgan fingerprint density at radius 1 is 1.58 bits per heavy atom. The van der Waals surface area contributed by atoms with Crippen molar-refractivity contribution in [3.05, 3.63) is 0 Å². The van der Waals surface area contributed by atoms with Crippen molar-refractivity contribution in [3.8, 4) is 0 Å². The van der Waals surface area contributed by atoms with Crippen molar-refractivity contribution in [1.29, 1.82) is 0 Å². The van der Waals surface area contributed by atoms with Crippen LogP contribution in [0.4, 0.5) is 0 Å². The van der Waals surface area contributed by atoms with Crippen LogP contribution < -0.4 is 5.32 Å². The van der Waals surface area contributed by atoms with Gasteiger partial charge in [0.2, 0.25) is 0 Å². The smallest absolute Gasteiger partial charge is 0.168 e. The van der Waals surface area contributed by atoms with E-state index in [0.29, 0.717) is 6.04 Å². The zero-order valence-electron chi connectivity index (χ0n) is 7.97. The minimum Gasteiger partial charge on any atom is -0.366 e. The first-order valence-electron chi connectivity index (χ1n) is 4.78. The zero-order valence-corrected chi connectivity index (χ0v) is 8.78. The van der Waals surface area contributed by atoms with Gasteiger partial charge in [0, 0.05) is 19.6 Å². The van der Waals surface area contributed by atoms with E-state index in [9.17, 15) is 0 Å². The molecule has 0 spiro atoms. The lowest BCUT2D eigenvalue weighted by atomic mass is 10.0. The van der Waals surface area contributed by atoms with Gasteiger partial charge in [0.1, 0.15) is 0 Å². The number of likely N-dealkylation sites (tertiary alicyclic amines) is 1. The van der Waals surface area contributed by atoms with Gasteiger partial charge in [-0.25, -0.2) is 0 Å². The molecule has 0 unspecified atom stereocenters. The molecule has 0 radical (unpaired) electrons. The van der Waals surface area contributed by atoms with Crippen LogP contribution in [0.3, 0.4) is 0 Å². The number of rotatable bonds is 1. The number of nitrogens with one attached hydrogen (secondary N) is 1. The molecule has 0 saturated carbocycles. The molecule has 1 rings (SSSR count). The molecule has 1 N–H and O–H groups in total. The van der Waals surface area contributed by atoms with Gasteiger partial charge in [-0.05, 0) is 37.9 Å². The van der Waals surface area contributed by atoms with Gasteiger partial charge >= 0.3 is 0 Å². The summed E-state index contributed by atoms with van der Waals surface area (Å²) in [5, 5.41) is 3.97. The fourth-order valence-electron chi connectivity index (χ4n) is 1.84. The van der Waals surface area contributed by atoms with Crippen molar-refractivity contribution >= 4 is 17.3 Å². The molecule has 0 aromatic heterocycles. The van der Waals surface area contributed by atoms with E-state index in [4.69, 9.17) is 12.2 Å². The zero-order chi connectivity index (χ0) is 8.97. The molecule has 1 fully saturated rings. The van der Waals surface area contributed by atoms with Crippen LogP contribution in [0.1, 0.15) is 32.6 Å². The molecule has 1 aliphatic heterocycles. The Kier molecular flexibility index (Phi) is 3.79. The van der Waals surface area contributed by atoms with Crippen molar-refractivity contribution in [3.63, 3.8) is 0 Å². The standard InChI is InChI=1S/C9H18N2S/c1-3-8-6-4-5-7-11(8)9(12)10-2/h8H,3-7H2,1-2H3,(H,10,12)/t8-/m1/s1. The maximum Gasteiger partial charge on any atom is 0.168 e. The first kappa shape index (κ1) is 9.78. The summed E-state index contributed by atoms with van der Waals surface area (Å²) in [6.07, 6.45) is 5.17. The minimum atomic E-state index is 0.679. The van der Waals surface area contributed by atoms with Crippen LogP contribution in [0.5, 0.6) is 0 Å². The molecule has 0 aliphatic carbocycles. The first-order valence-corrected chi connectivity index (χ1v) is 5.18. The highest BCUT2D eigenvalue weighted by Crippen LogP contribution is 2.19. The Labute approximate surface area is 80.3 Å². The molecular formula is C9H18N2S. The van der Waals surface area contributed by atoms with Crippen LogP contribution in [0.25, 0.3) is 0 Å². The van der Waals surface area contributed by atoms with Crippen LogP contribution in [0, 0.1) is 0 Å². The lowest BCUT2D eigenvalue weighted by molar-refractivity contribution is 0.234. The number of nitrogens with zero attached hydrogens (tertiary/aromatic N) is 1. The summed E-state index contributed by atoms with van der Waals surface area (Å²) in [5.41, 5.74) is 0. The van der Waals surface area contributed by atoms with E-state index in [1.165, 1.54) is 25.7 Å². The van der Waals surface area contributed by atoms with Crippen molar-refractivity contribution in [2.75, 3.05) is 13.6 Å². The van der Waals surface area contributed by atoms with Gasteiger partial charge in [0.15, 0.2) is 5.11 Å². The normalized spacial score (nSPS) is 23.8. The maximum absolute atomic E-state index is 5.23. The molecule has 1 aliphatic rings. The second-order valence-corrected chi connectivity index (χ2v) is 3.69. The van der Waals surface area contributed by atoms with Crippen molar-refractivity contribution in [1.82, 2.24) is 10.2 Å². The van der Waals surface area contributed by atoms with Gasteiger partial charge in [0.25, 0.3) is 0 Å². The molecule has 0 aromatic rings. The topological polar surface area (TPSA) is 15.3 Å². The second-order valence-electron chi connectivity index (χ2n) is 3.31. The molecular weight excluding hydrogens is 168 g/mol. The summed E-state index contributed by atoms with van der Waals surface area (Å²) in [4.78, 5) is 2.33. The van der Waals surface area contributed by atoms with Gasteiger partial charge in [-0.1, -0.05) is 6.92 Å². The van der Waals surface area contributed by atoms with E-state index >= 15 is 0 Å². The predicted molar refractivity (Wildman–Crippen MR) is 56.3 cm³/mol. The Hall–Kier alpha value is -0.310. The summed E-state index contributed by atoms with van der Waals surface area (Å²) in [7, 11) is 1.91. The molecule has 0 bridgehead atoms. The van der Waals surface area contributed by atoms with Crippen LogP contribution in [0.2, 0.25) is 0 Å². The third kappa shape index (κ3) is 2.09. The van der Waals surface area contributed by atoms with Gasteiger partial charge in [-0.3, -0.25) is 0 Å². The average Bonchev–Trinajstić information content (AvgIpc) is 2.16. The van der Waals surface area contributed by atoms with Crippen LogP contribution in [0.15, 0.2) is 0 Å². The highest BCUT2D eigenvalue weighted by Gasteiger charge is 2.21.